The molecule has 2 fully saturated rings. The van der Waals surface area contributed by atoms with Crippen LogP contribution in [0.3, 0.4) is 0 Å². The van der Waals surface area contributed by atoms with E-state index in [2.05, 4.69) is 10.4 Å². The smallest absolute Gasteiger partial charge is 0.410 e. The Morgan fingerprint density at radius 1 is 1.00 bits per heavy atom. The van der Waals surface area contributed by atoms with Gasteiger partial charge in [0.25, 0.3) is 11.5 Å². The Morgan fingerprint density at radius 2 is 1.73 bits per heavy atom. The topological polar surface area (TPSA) is 116 Å². The maximum Gasteiger partial charge on any atom is 0.410 e. The number of halogens is 2. The number of methoxy groups -OCH3 is 1. The standard InChI is InChI=1S/C32H29Cl2N5O5/c1-38-31(41)22(15-16-35-38)29(40)36-24-10-6-8-20(28(24)34)19-7-5-9-21(27(19)33)23-14-13-18(30(37-23)43-2)17-39-25-11-3-4-12-26(25)44-32(39)42/h5-10,13-16,25-26H,3-4,11-12,17H2,1-2H3,(H,36,40)/t25-,26+/m1/s1. The lowest BCUT2D eigenvalue weighted by Gasteiger charge is -2.28. The Kier molecular flexibility index (Phi) is 8.29. The normalized spacial score (nSPS) is 17.6. The van der Waals surface area contributed by atoms with Gasteiger partial charge in [0.2, 0.25) is 5.88 Å². The van der Waals surface area contributed by atoms with Gasteiger partial charge in [0.1, 0.15) is 11.7 Å². The van der Waals surface area contributed by atoms with E-state index in [1.165, 1.54) is 19.3 Å². The second-order valence-corrected chi connectivity index (χ2v) is 11.5. The summed E-state index contributed by atoms with van der Waals surface area (Å²) < 4.78 is 12.3. The molecule has 0 spiro atoms. The summed E-state index contributed by atoms with van der Waals surface area (Å²) >= 11 is 13.7. The molecule has 1 aliphatic carbocycles. The van der Waals surface area contributed by atoms with Crippen LogP contribution in [0.1, 0.15) is 41.6 Å². The second kappa shape index (κ2) is 12.3. The number of pyridine rings is 1. The molecule has 44 heavy (non-hydrogen) atoms. The van der Waals surface area contributed by atoms with E-state index >= 15 is 0 Å². The molecule has 10 nitrogen and oxygen atoms in total. The van der Waals surface area contributed by atoms with E-state index in [0.29, 0.717) is 45.5 Å². The van der Waals surface area contributed by atoms with E-state index in [0.717, 1.165) is 35.9 Å². The highest BCUT2D eigenvalue weighted by Gasteiger charge is 2.43. The van der Waals surface area contributed by atoms with Crippen LogP contribution in [0.5, 0.6) is 5.88 Å². The molecule has 1 aliphatic heterocycles. The van der Waals surface area contributed by atoms with E-state index in [1.807, 2.05) is 30.3 Å². The molecule has 2 aromatic heterocycles. The van der Waals surface area contributed by atoms with E-state index in [4.69, 9.17) is 37.7 Å². The van der Waals surface area contributed by atoms with Gasteiger partial charge in [-0.2, -0.15) is 5.10 Å². The predicted octanol–water partition coefficient (Wildman–Crippen LogP) is 6.34. The number of carbonyl (C=O) groups is 2. The lowest BCUT2D eigenvalue weighted by atomic mass is 9.92. The minimum Gasteiger partial charge on any atom is -0.481 e. The van der Waals surface area contributed by atoms with Gasteiger partial charge in [0.05, 0.1) is 41.1 Å². The molecule has 2 atom stereocenters. The summed E-state index contributed by atoms with van der Waals surface area (Å²) in [4.78, 5) is 44.4. The summed E-state index contributed by atoms with van der Waals surface area (Å²) in [6.07, 6.45) is 4.96. The van der Waals surface area contributed by atoms with Crippen molar-refractivity contribution in [1.29, 1.82) is 0 Å². The number of ether oxygens (including phenoxy) is 2. The number of anilines is 1. The van der Waals surface area contributed by atoms with Crippen LogP contribution < -0.4 is 15.6 Å². The van der Waals surface area contributed by atoms with Crippen LogP contribution in [0.25, 0.3) is 22.4 Å². The Hall–Kier alpha value is -4.41. The SMILES string of the molecule is COc1nc(-c2cccc(-c3cccc(NC(=O)c4ccnn(C)c4=O)c3Cl)c2Cl)ccc1CN1C(=O)O[C@H]2CCCC[C@H]21. The average molecular weight is 635 g/mol. The molecule has 0 bridgehead atoms. The van der Waals surface area contributed by atoms with Crippen LogP contribution in [-0.2, 0) is 18.3 Å². The van der Waals surface area contributed by atoms with Crippen LogP contribution in [0, 0.1) is 0 Å². The zero-order chi connectivity index (χ0) is 31.0. The number of carbonyl (C=O) groups excluding carboxylic acids is 2. The fourth-order valence-corrected chi connectivity index (χ4v) is 6.43. The van der Waals surface area contributed by atoms with E-state index < -0.39 is 11.5 Å². The van der Waals surface area contributed by atoms with Crippen molar-refractivity contribution in [1.82, 2.24) is 19.7 Å². The van der Waals surface area contributed by atoms with Crippen LogP contribution >= 0.6 is 23.2 Å². The minimum absolute atomic E-state index is 0.0577. The fourth-order valence-electron chi connectivity index (χ4n) is 5.83. The van der Waals surface area contributed by atoms with Gasteiger partial charge < -0.3 is 14.8 Å². The molecule has 2 amide bonds. The first-order valence-electron chi connectivity index (χ1n) is 14.2. The summed E-state index contributed by atoms with van der Waals surface area (Å²) in [5.41, 5.74) is 2.92. The van der Waals surface area contributed by atoms with Crippen LogP contribution in [0.15, 0.2) is 65.6 Å². The highest BCUT2D eigenvalue weighted by molar-refractivity contribution is 6.39. The van der Waals surface area contributed by atoms with Gasteiger partial charge in [0, 0.05) is 35.5 Å². The fraction of sp³-hybridized carbons (Fsp3) is 0.281. The largest absolute Gasteiger partial charge is 0.481 e. The molecule has 6 rings (SSSR count). The zero-order valence-electron chi connectivity index (χ0n) is 24.0. The Balaban J connectivity index is 1.28. The Bertz CT molecular complexity index is 1830. The third kappa shape index (κ3) is 5.51. The van der Waals surface area contributed by atoms with E-state index in [-0.39, 0.29) is 28.8 Å². The van der Waals surface area contributed by atoms with Gasteiger partial charge >= 0.3 is 6.09 Å². The quantitative estimate of drug-likeness (QED) is 0.252. The predicted molar refractivity (Wildman–Crippen MR) is 167 cm³/mol. The lowest BCUT2D eigenvalue weighted by Crippen LogP contribution is -2.38. The number of fused-ring (bicyclic) bond motifs is 1. The number of aryl methyl sites for hydroxylation is 1. The number of hydrogen-bond donors (Lipinski definition) is 1. The molecular weight excluding hydrogens is 605 g/mol. The number of aromatic nitrogens is 3. The molecule has 2 aliphatic rings. The van der Waals surface area contributed by atoms with E-state index in [1.54, 1.807) is 30.2 Å². The van der Waals surface area contributed by atoms with Crippen molar-refractivity contribution in [3.8, 4) is 28.3 Å². The molecule has 1 saturated carbocycles. The highest BCUT2D eigenvalue weighted by atomic mass is 35.5. The second-order valence-electron chi connectivity index (χ2n) is 10.7. The van der Waals surface area contributed by atoms with Gasteiger partial charge in [-0.1, -0.05) is 60.0 Å². The molecule has 4 aromatic rings. The summed E-state index contributed by atoms with van der Waals surface area (Å²) in [7, 11) is 3.01. The molecule has 3 heterocycles. The van der Waals surface area contributed by atoms with Crippen molar-refractivity contribution < 1.29 is 19.1 Å². The van der Waals surface area contributed by atoms with E-state index in [9.17, 15) is 14.4 Å². The molecular formula is C32H29Cl2N5O5. The van der Waals surface area contributed by atoms with Crippen molar-refractivity contribution >= 4 is 40.9 Å². The van der Waals surface area contributed by atoms with Crippen molar-refractivity contribution in [3.63, 3.8) is 0 Å². The third-order valence-electron chi connectivity index (χ3n) is 8.09. The number of hydrogen-bond acceptors (Lipinski definition) is 7. The number of rotatable bonds is 7. The summed E-state index contributed by atoms with van der Waals surface area (Å²) in [5.74, 6) is -0.217. The maximum absolute atomic E-state index is 12.9. The first-order chi connectivity index (χ1) is 21.3. The van der Waals surface area contributed by atoms with Crippen LogP contribution in [-0.4, -0.2) is 50.9 Å². The Labute approximate surface area is 263 Å². The monoisotopic (exact) mass is 633 g/mol. The number of nitrogens with one attached hydrogen (secondary N) is 1. The van der Waals surface area contributed by atoms with Gasteiger partial charge in [-0.3, -0.25) is 14.5 Å². The molecule has 1 saturated heterocycles. The molecule has 1 N–H and O–H groups in total. The van der Waals surface area contributed by atoms with Gasteiger partial charge in [-0.25, -0.2) is 14.5 Å². The molecule has 226 valence electrons. The van der Waals surface area contributed by atoms with Gasteiger partial charge in [0.15, 0.2) is 0 Å². The number of nitrogens with zero attached hydrogens (tertiary/aromatic N) is 4. The van der Waals surface area contributed by atoms with Crippen molar-refractivity contribution in [2.24, 2.45) is 7.05 Å². The van der Waals surface area contributed by atoms with Crippen molar-refractivity contribution in [2.45, 2.75) is 44.4 Å². The Morgan fingerprint density at radius 3 is 2.52 bits per heavy atom. The van der Waals surface area contributed by atoms with Crippen LogP contribution in [0.4, 0.5) is 10.5 Å². The molecule has 0 unspecified atom stereocenters. The third-order valence-corrected chi connectivity index (χ3v) is 8.90. The first-order valence-corrected chi connectivity index (χ1v) is 14.9. The first kappa shape index (κ1) is 29.7. The van der Waals surface area contributed by atoms with Gasteiger partial charge in [-0.05, 0) is 43.5 Å². The zero-order valence-corrected chi connectivity index (χ0v) is 25.6. The van der Waals surface area contributed by atoms with Crippen molar-refractivity contribution in [2.75, 3.05) is 12.4 Å². The average Bonchev–Trinajstić information content (AvgIpc) is 3.34. The van der Waals surface area contributed by atoms with Crippen molar-refractivity contribution in [3.05, 3.63) is 92.3 Å². The van der Waals surface area contributed by atoms with Crippen LogP contribution in [0.2, 0.25) is 10.0 Å². The lowest BCUT2D eigenvalue weighted by molar-refractivity contribution is 0.102. The molecule has 2 aromatic carbocycles. The summed E-state index contributed by atoms with van der Waals surface area (Å²) in [6, 6.07) is 15.8. The van der Waals surface area contributed by atoms with Gasteiger partial charge in [-0.15, -0.1) is 0 Å². The highest BCUT2D eigenvalue weighted by Crippen LogP contribution is 2.42. The molecule has 12 heteroatoms. The summed E-state index contributed by atoms with van der Waals surface area (Å²) in [5, 5.41) is 7.22. The number of benzene rings is 2. The molecule has 0 radical (unpaired) electrons. The minimum atomic E-state index is -0.607. The maximum atomic E-state index is 12.9. The number of amides is 2. The summed E-state index contributed by atoms with van der Waals surface area (Å²) in [6.45, 7) is 0.337.